The van der Waals surface area contributed by atoms with Crippen LogP contribution in [-0.2, 0) is 6.54 Å². The molecule has 0 spiro atoms. The van der Waals surface area contributed by atoms with Crippen LogP contribution in [0.5, 0.6) is 0 Å². The van der Waals surface area contributed by atoms with Crippen molar-refractivity contribution in [3.05, 3.63) is 75.8 Å². The van der Waals surface area contributed by atoms with E-state index < -0.39 is 0 Å². The monoisotopic (exact) mass is 470 g/mol. The first kappa shape index (κ1) is 22.7. The van der Waals surface area contributed by atoms with Gasteiger partial charge in [-0.25, -0.2) is 4.98 Å². The molecule has 5 nitrogen and oxygen atoms in total. The molecular weight excluding hydrogens is 440 g/mol. The first-order valence-corrected chi connectivity index (χ1v) is 13.0. The summed E-state index contributed by atoms with van der Waals surface area (Å²) in [6, 6.07) is 13.8. The highest BCUT2D eigenvalue weighted by atomic mass is 32.1. The molecule has 0 atom stereocenters. The molecule has 174 valence electrons. The van der Waals surface area contributed by atoms with Gasteiger partial charge in [-0.1, -0.05) is 44.2 Å². The highest BCUT2D eigenvalue weighted by Gasteiger charge is 2.22. The van der Waals surface area contributed by atoms with Gasteiger partial charge in [-0.05, 0) is 56.5 Å². The number of pyridine rings is 2. The van der Waals surface area contributed by atoms with Crippen molar-refractivity contribution in [1.82, 2.24) is 19.5 Å². The standard InChI is InChI=1S/C28H30N4OS/c1-19-26(25-18-22(20(2)34-25)23-12-6-8-15-29-23)28(33)32(17-14-21-10-4-3-5-11-21)27(31-19)24-13-7-9-16-30-24/h6-9,12-13,15-16,18,21H,3-5,10-11,14,17H2,1-2H3. The summed E-state index contributed by atoms with van der Waals surface area (Å²) in [5.74, 6) is 1.35. The lowest BCUT2D eigenvalue weighted by atomic mass is 9.87. The number of nitrogens with zero attached hydrogens (tertiary/aromatic N) is 4. The number of rotatable bonds is 6. The van der Waals surface area contributed by atoms with E-state index in [0.29, 0.717) is 23.9 Å². The Morgan fingerprint density at radius 3 is 2.35 bits per heavy atom. The highest BCUT2D eigenvalue weighted by Crippen LogP contribution is 2.36. The lowest BCUT2D eigenvalue weighted by molar-refractivity contribution is 0.323. The van der Waals surface area contributed by atoms with E-state index in [1.807, 2.05) is 47.9 Å². The summed E-state index contributed by atoms with van der Waals surface area (Å²) in [6.07, 6.45) is 11.0. The van der Waals surface area contributed by atoms with E-state index >= 15 is 0 Å². The topological polar surface area (TPSA) is 60.7 Å². The van der Waals surface area contributed by atoms with E-state index in [-0.39, 0.29) is 5.56 Å². The van der Waals surface area contributed by atoms with Crippen LogP contribution in [0.15, 0.2) is 59.7 Å². The van der Waals surface area contributed by atoms with E-state index in [2.05, 4.69) is 23.0 Å². The van der Waals surface area contributed by atoms with E-state index in [1.165, 1.54) is 32.1 Å². The lowest BCUT2D eigenvalue weighted by Crippen LogP contribution is -2.27. The van der Waals surface area contributed by atoms with Crippen molar-refractivity contribution in [2.45, 2.75) is 58.9 Å². The van der Waals surface area contributed by atoms with Gasteiger partial charge < -0.3 is 0 Å². The maximum Gasteiger partial charge on any atom is 0.262 e. The van der Waals surface area contributed by atoms with E-state index in [0.717, 1.165) is 38.8 Å². The molecule has 1 aliphatic carbocycles. The molecule has 5 rings (SSSR count). The smallest absolute Gasteiger partial charge is 0.262 e. The molecule has 1 saturated carbocycles. The summed E-state index contributed by atoms with van der Waals surface area (Å²) in [6.45, 7) is 4.70. The zero-order chi connectivity index (χ0) is 23.5. The van der Waals surface area contributed by atoms with Gasteiger partial charge in [-0.15, -0.1) is 11.3 Å². The van der Waals surface area contributed by atoms with Crippen LogP contribution < -0.4 is 5.56 Å². The Kier molecular flexibility index (Phi) is 6.68. The molecule has 34 heavy (non-hydrogen) atoms. The Morgan fingerprint density at radius 2 is 1.68 bits per heavy atom. The molecule has 0 unspecified atom stereocenters. The third-order valence-electron chi connectivity index (χ3n) is 6.83. The second kappa shape index (κ2) is 10.0. The van der Waals surface area contributed by atoms with Gasteiger partial charge in [0.2, 0.25) is 0 Å². The average Bonchev–Trinajstić information content (AvgIpc) is 3.26. The molecule has 1 fully saturated rings. The van der Waals surface area contributed by atoms with Crippen LogP contribution in [0.3, 0.4) is 0 Å². The van der Waals surface area contributed by atoms with Crippen molar-refractivity contribution >= 4 is 11.3 Å². The van der Waals surface area contributed by atoms with Crippen molar-refractivity contribution in [1.29, 1.82) is 0 Å². The quantitative estimate of drug-likeness (QED) is 0.315. The van der Waals surface area contributed by atoms with Crippen LogP contribution in [0.2, 0.25) is 0 Å². The van der Waals surface area contributed by atoms with Crippen LogP contribution in [0, 0.1) is 19.8 Å². The van der Waals surface area contributed by atoms with Crippen molar-refractivity contribution < 1.29 is 0 Å². The van der Waals surface area contributed by atoms with E-state index in [4.69, 9.17) is 4.98 Å². The Labute approximate surface area is 204 Å². The van der Waals surface area contributed by atoms with Crippen LogP contribution in [0.25, 0.3) is 33.2 Å². The maximum atomic E-state index is 14.0. The van der Waals surface area contributed by atoms with Gasteiger partial charge in [0.25, 0.3) is 5.56 Å². The Morgan fingerprint density at radius 1 is 0.971 bits per heavy atom. The van der Waals surface area contributed by atoms with Crippen LogP contribution in [-0.4, -0.2) is 19.5 Å². The number of aryl methyl sites for hydroxylation is 2. The van der Waals surface area contributed by atoms with Gasteiger partial charge in [-0.2, -0.15) is 0 Å². The van der Waals surface area contributed by atoms with Crippen LogP contribution >= 0.6 is 11.3 Å². The number of thiophene rings is 1. The lowest BCUT2D eigenvalue weighted by Gasteiger charge is -2.23. The zero-order valence-corrected chi connectivity index (χ0v) is 20.6. The molecular formula is C28H30N4OS. The molecule has 4 aromatic heterocycles. The molecule has 0 radical (unpaired) electrons. The molecule has 4 aromatic rings. The SMILES string of the molecule is Cc1nc(-c2ccccn2)n(CCC2CCCCC2)c(=O)c1-c1cc(-c2ccccn2)c(C)s1. The fourth-order valence-electron chi connectivity index (χ4n) is 5.01. The molecule has 0 aliphatic heterocycles. The second-order valence-electron chi connectivity index (χ2n) is 9.16. The fourth-order valence-corrected chi connectivity index (χ4v) is 6.13. The summed E-state index contributed by atoms with van der Waals surface area (Å²) >= 11 is 1.64. The molecule has 0 amide bonds. The van der Waals surface area contributed by atoms with Crippen molar-refractivity contribution in [3.63, 3.8) is 0 Å². The van der Waals surface area contributed by atoms with Crippen molar-refractivity contribution in [3.8, 4) is 33.2 Å². The number of hydrogen-bond donors (Lipinski definition) is 0. The summed E-state index contributed by atoms with van der Waals surface area (Å²) in [7, 11) is 0. The van der Waals surface area contributed by atoms with Gasteiger partial charge in [-0.3, -0.25) is 19.3 Å². The van der Waals surface area contributed by atoms with Gasteiger partial charge in [0.1, 0.15) is 5.69 Å². The zero-order valence-electron chi connectivity index (χ0n) is 19.8. The van der Waals surface area contributed by atoms with E-state index in [1.54, 1.807) is 23.7 Å². The molecule has 1 aliphatic rings. The predicted octanol–water partition coefficient (Wildman–Crippen LogP) is 6.68. The van der Waals surface area contributed by atoms with Gasteiger partial charge in [0, 0.05) is 34.3 Å². The third kappa shape index (κ3) is 4.60. The fraction of sp³-hybridized carbons (Fsp3) is 0.357. The first-order valence-electron chi connectivity index (χ1n) is 12.2. The average molecular weight is 471 g/mol. The first-order chi connectivity index (χ1) is 16.6. The minimum atomic E-state index is 0.0257. The summed E-state index contributed by atoms with van der Waals surface area (Å²) < 4.78 is 1.87. The molecule has 6 heteroatoms. The molecule has 0 N–H and O–H groups in total. The summed E-state index contributed by atoms with van der Waals surface area (Å²) in [5.41, 5.74) is 4.21. The largest absolute Gasteiger partial charge is 0.291 e. The highest BCUT2D eigenvalue weighted by molar-refractivity contribution is 7.16. The second-order valence-corrected chi connectivity index (χ2v) is 10.4. The molecule has 0 bridgehead atoms. The number of aromatic nitrogens is 4. The van der Waals surface area contributed by atoms with Crippen molar-refractivity contribution in [2.24, 2.45) is 5.92 Å². The summed E-state index contributed by atoms with van der Waals surface area (Å²) in [5, 5.41) is 0. The minimum Gasteiger partial charge on any atom is -0.291 e. The summed E-state index contributed by atoms with van der Waals surface area (Å²) in [4.78, 5) is 30.1. The van der Waals surface area contributed by atoms with Crippen LogP contribution in [0.4, 0.5) is 0 Å². The third-order valence-corrected chi connectivity index (χ3v) is 7.90. The minimum absolute atomic E-state index is 0.0257. The Bertz CT molecular complexity index is 1320. The van der Waals surface area contributed by atoms with Crippen molar-refractivity contribution in [2.75, 3.05) is 0 Å². The molecule has 4 heterocycles. The Hall–Kier alpha value is -3.12. The van der Waals surface area contributed by atoms with Gasteiger partial charge in [0.15, 0.2) is 5.82 Å². The van der Waals surface area contributed by atoms with E-state index in [9.17, 15) is 4.79 Å². The molecule has 0 saturated heterocycles. The molecule has 0 aromatic carbocycles. The van der Waals surface area contributed by atoms with Crippen LogP contribution in [0.1, 0.15) is 49.1 Å². The van der Waals surface area contributed by atoms with Gasteiger partial charge in [0.05, 0.1) is 17.0 Å². The predicted molar refractivity (Wildman–Crippen MR) is 139 cm³/mol. The maximum absolute atomic E-state index is 14.0. The Balaban J connectivity index is 1.59. The van der Waals surface area contributed by atoms with Gasteiger partial charge >= 0.3 is 0 Å². The normalized spacial score (nSPS) is 14.4. The number of hydrogen-bond acceptors (Lipinski definition) is 5.